The molecule has 2 N–H and O–H groups in total. The highest BCUT2D eigenvalue weighted by molar-refractivity contribution is 7.90. The minimum atomic E-state index is -3.37. The van der Waals surface area contributed by atoms with E-state index in [-0.39, 0.29) is 23.9 Å². The smallest absolute Gasteiger partial charge is 0.223 e. The predicted molar refractivity (Wildman–Crippen MR) is 119 cm³/mol. The lowest BCUT2D eigenvalue weighted by Crippen LogP contribution is -2.47. The number of fused-ring (bicyclic) bond motifs is 3. The standard InChI is InChI=1S/C24H30N2O3S/c1-24(2,3)30(28,29)26-17-14-12-16(13-15-17)23(27)25-22-20-10-6-4-8-18(20)19-9-5-7-11-21(19)22/h4-11,16-17,22,26H,12-15H2,1-3H3,(H,25,27). The minimum absolute atomic E-state index is 0.0589. The molecular formula is C24H30N2O3S. The highest BCUT2D eigenvalue weighted by Crippen LogP contribution is 2.43. The van der Waals surface area contributed by atoms with E-state index in [4.69, 9.17) is 0 Å². The van der Waals surface area contributed by atoms with Gasteiger partial charge in [0.2, 0.25) is 15.9 Å². The normalized spacial score (nSPS) is 21.7. The number of rotatable bonds is 4. The number of carbonyl (C=O) groups is 1. The van der Waals surface area contributed by atoms with Gasteiger partial charge in [0.25, 0.3) is 0 Å². The molecule has 5 nitrogen and oxygen atoms in total. The van der Waals surface area contributed by atoms with E-state index < -0.39 is 14.8 Å². The Hall–Kier alpha value is -2.18. The van der Waals surface area contributed by atoms with Crippen molar-refractivity contribution in [3.8, 4) is 11.1 Å². The third-order valence-electron chi connectivity index (χ3n) is 6.35. The molecule has 2 aromatic carbocycles. The molecule has 0 bridgehead atoms. The topological polar surface area (TPSA) is 75.3 Å². The number of hydrogen-bond donors (Lipinski definition) is 2. The third kappa shape index (κ3) is 3.91. The summed E-state index contributed by atoms with van der Waals surface area (Å²) in [5.41, 5.74) is 4.63. The van der Waals surface area contributed by atoms with E-state index in [1.165, 1.54) is 11.1 Å². The van der Waals surface area contributed by atoms with Crippen molar-refractivity contribution in [2.75, 3.05) is 0 Å². The Labute approximate surface area is 179 Å². The largest absolute Gasteiger partial charge is 0.345 e. The zero-order valence-electron chi connectivity index (χ0n) is 17.8. The first-order valence-electron chi connectivity index (χ1n) is 10.7. The van der Waals surface area contributed by atoms with Crippen LogP contribution in [0.3, 0.4) is 0 Å². The average molecular weight is 427 g/mol. The summed E-state index contributed by atoms with van der Waals surface area (Å²) in [5, 5.41) is 3.27. The van der Waals surface area contributed by atoms with Gasteiger partial charge in [-0.15, -0.1) is 0 Å². The molecule has 0 aromatic heterocycles. The fourth-order valence-corrected chi connectivity index (χ4v) is 5.47. The van der Waals surface area contributed by atoms with Gasteiger partial charge in [-0.25, -0.2) is 13.1 Å². The van der Waals surface area contributed by atoms with Crippen LogP contribution in [0.25, 0.3) is 11.1 Å². The van der Waals surface area contributed by atoms with Gasteiger partial charge in [-0.2, -0.15) is 0 Å². The summed E-state index contributed by atoms with van der Waals surface area (Å²) in [5.74, 6) is -0.0241. The molecule has 30 heavy (non-hydrogen) atoms. The van der Waals surface area contributed by atoms with Gasteiger partial charge in [0.15, 0.2) is 0 Å². The van der Waals surface area contributed by atoms with Crippen LogP contribution in [0, 0.1) is 5.92 Å². The molecule has 160 valence electrons. The number of amides is 1. The van der Waals surface area contributed by atoms with Crippen molar-refractivity contribution in [3.05, 3.63) is 59.7 Å². The fraction of sp³-hybridized carbons (Fsp3) is 0.458. The molecule has 6 heteroatoms. The van der Waals surface area contributed by atoms with Gasteiger partial charge in [0, 0.05) is 12.0 Å². The maximum atomic E-state index is 13.1. The zero-order chi connectivity index (χ0) is 21.5. The molecule has 2 aliphatic rings. The molecule has 0 saturated heterocycles. The van der Waals surface area contributed by atoms with Crippen molar-refractivity contribution in [2.24, 2.45) is 5.92 Å². The number of hydrogen-bond acceptors (Lipinski definition) is 3. The molecule has 0 aliphatic heterocycles. The van der Waals surface area contributed by atoms with E-state index in [2.05, 4.69) is 34.3 Å². The van der Waals surface area contributed by atoms with Crippen LogP contribution >= 0.6 is 0 Å². The average Bonchev–Trinajstić information content (AvgIpc) is 3.02. The Kier molecular flexibility index (Phi) is 5.49. The lowest BCUT2D eigenvalue weighted by molar-refractivity contribution is -0.126. The number of carbonyl (C=O) groups excluding carboxylic acids is 1. The first kappa shape index (κ1) is 21.1. The Balaban J connectivity index is 1.42. The van der Waals surface area contributed by atoms with Gasteiger partial charge in [0.05, 0.1) is 10.8 Å². The lowest BCUT2D eigenvalue weighted by Gasteiger charge is -2.31. The second kappa shape index (κ2) is 7.82. The fourth-order valence-electron chi connectivity index (χ4n) is 4.44. The molecule has 0 spiro atoms. The summed E-state index contributed by atoms with van der Waals surface area (Å²) < 4.78 is 26.8. The molecule has 1 saturated carbocycles. The van der Waals surface area contributed by atoms with E-state index in [0.717, 1.165) is 11.1 Å². The number of sulfonamides is 1. The highest BCUT2D eigenvalue weighted by atomic mass is 32.2. The second-order valence-electron chi connectivity index (χ2n) is 9.40. The van der Waals surface area contributed by atoms with E-state index >= 15 is 0 Å². The van der Waals surface area contributed by atoms with Crippen LogP contribution in [0.1, 0.15) is 63.6 Å². The van der Waals surface area contributed by atoms with Crippen molar-refractivity contribution in [2.45, 2.75) is 63.3 Å². The van der Waals surface area contributed by atoms with E-state index in [0.29, 0.717) is 25.7 Å². The highest BCUT2D eigenvalue weighted by Gasteiger charge is 2.35. The Morgan fingerprint density at radius 1 is 0.867 bits per heavy atom. The molecule has 1 amide bonds. The van der Waals surface area contributed by atoms with Gasteiger partial charge < -0.3 is 5.32 Å². The zero-order valence-corrected chi connectivity index (χ0v) is 18.6. The molecule has 2 aromatic rings. The van der Waals surface area contributed by atoms with Gasteiger partial charge in [0.1, 0.15) is 0 Å². The van der Waals surface area contributed by atoms with Crippen molar-refractivity contribution in [1.82, 2.24) is 10.0 Å². The summed E-state index contributed by atoms with van der Waals surface area (Å²) in [7, 11) is -3.37. The van der Waals surface area contributed by atoms with Gasteiger partial charge in [-0.3, -0.25) is 4.79 Å². The van der Waals surface area contributed by atoms with Crippen LogP contribution in [0.15, 0.2) is 48.5 Å². The van der Waals surface area contributed by atoms with Crippen molar-refractivity contribution in [3.63, 3.8) is 0 Å². The lowest BCUT2D eigenvalue weighted by atomic mass is 9.85. The second-order valence-corrected chi connectivity index (χ2v) is 11.9. The summed E-state index contributed by atoms with van der Waals surface area (Å²) in [4.78, 5) is 13.1. The van der Waals surface area contributed by atoms with Crippen LogP contribution in [0.2, 0.25) is 0 Å². The Morgan fingerprint density at radius 2 is 1.37 bits per heavy atom. The molecule has 1 fully saturated rings. The maximum Gasteiger partial charge on any atom is 0.223 e. The monoisotopic (exact) mass is 426 g/mol. The SMILES string of the molecule is CC(C)(C)S(=O)(=O)NC1CCC(C(=O)NC2c3ccccc3-c3ccccc32)CC1. The molecule has 4 rings (SSSR count). The number of benzene rings is 2. The van der Waals surface area contributed by atoms with E-state index in [1.54, 1.807) is 20.8 Å². The summed E-state index contributed by atoms with van der Waals surface area (Å²) in [6.45, 7) is 5.10. The summed E-state index contributed by atoms with van der Waals surface area (Å²) in [6, 6.07) is 16.2. The van der Waals surface area contributed by atoms with Gasteiger partial charge in [-0.1, -0.05) is 48.5 Å². The van der Waals surface area contributed by atoms with Crippen LogP contribution in [0.4, 0.5) is 0 Å². The first-order valence-corrected chi connectivity index (χ1v) is 12.2. The predicted octanol–water partition coefficient (Wildman–Crippen LogP) is 4.15. The molecule has 2 aliphatic carbocycles. The van der Waals surface area contributed by atoms with Crippen molar-refractivity contribution in [1.29, 1.82) is 0 Å². The van der Waals surface area contributed by atoms with Crippen LogP contribution < -0.4 is 10.0 Å². The Bertz CT molecular complexity index is 1000. The van der Waals surface area contributed by atoms with Crippen molar-refractivity contribution < 1.29 is 13.2 Å². The van der Waals surface area contributed by atoms with Crippen molar-refractivity contribution >= 4 is 15.9 Å². The third-order valence-corrected chi connectivity index (χ3v) is 8.60. The number of nitrogens with one attached hydrogen (secondary N) is 2. The molecule has 0 unspecified atom stereocenters. The first-order chi connectivity index (χ1) is 14.2. The molecule has 0 heterocycles. The van der Waals surface area contributed by atoms with Gasteiger partial charge in [-0.05, 0) is 68.7 Å². The Morgan fingerprint density at radius 3 is 1.87 bits per heavy atom. The summed E-state index contributed by atoms with van der Waals surface area (Å²) >= 11 is 0. The molecular weight excluding hydrogens is 396 g/mol. The van der Waals surface area contributed by atoms with Crippen LogP contribution in [-0.2, 0) is 14.8 Å². The minimum Gasteiger partial charge on any atom is -0.345 e. The van der Waals surface area contributed by atoms with Crippen LogP contribution in [0.5, 0.6) is 0 Å². The van der Waals surface area contributed by atoms with Gasteiger partial charge >= 0.3 is 0 Å². The van der Waals surface area contributed by atoms with E-state index in [9.17, 15) is 13.2 Å². The summed E-state index contributed by atoms with van der Waals surface area (Å²) in [6.07, 6.45) is 2.76. The molecule has 0 atom stereocenters. The maximum absolute atomic E-state index is 13.1. The van der Waals surface area contributed by atoms with Crippen LogP contribution in [-0.4, -0.2) is 25.1 Å². The van der Waals surface area contributed by atoms with E-state index in [1.807, 2.05) is 24.3 Å². The molecule has 0 radical (unpaired) electrons. The quantitative estimate of drug-likeness (QED) is 0.771.